The summed E-state index contributed by atoms with van der Waals surface area (Å²) in [6.07, 6.45) is 10.7. The zero-order valence-corrected chi connectivity index (χ0v) is 18.4. The van der Waals surface area contributed by atoms with Gasteiger partial charge in [0.2, 0.25) is 0 Å². The van der Waals surface area contributed by atoms with Crippen molar-refractivity contribution in [1.82, 2.24) is 0 Å². The maximum atomic E-state index is 11.9. The molecule has 4 heteroatoms. The molecule has 164 valence electrons. The molecule has 0 atom stereocenters. The van der Waals surface area contributed by atoms with Gasteiger partial charge in [0.15, 0.2) is 0 Å². The van der Waals surface area contributed by atoms with E-state index in [1.807, 2.05) is 36.4 Å². The Kier molecular flexibility index (Phi) is 11.6. The summed E-state index contributed by atoms with van der Waals surface area (Å²) in [4.78, 5) is 23.7. The molecule has 30 heavy (non-hydrogen) atoms. The molecule has 0 N–H and O–H groups in total. The Morgan fingerprint density at radius 2 is 1.33 bits per heavy atom. The number of hydrogen-bond donors (Lipinski definition) is 0. The van der Waals surface area contributed by atoms with Gasteiger partial charge in [-0.1, -0.05) is 88.3 Å². The lowest BCUT2D eigenvalue weighted by Gasteiger charge is -2.07. The fourth-order valence-corrected chi connectivity index (χ4v) is 3.44. The highest BCUT2D eigenvalue weighted by Crippen LogP contribution is 2.16. The first-order valence-corrected chi connectivity index (χ1v) is 11.5. The third kappa shape index (κ3) is 9.91. The van der Waals surface area contributed by atoms with Crippen LogP contribution >= 0.6 is 0 Å². The molecule has 0 heterocycles. The van der Waals surface area contributed by atoms with Crippen LogP contribution in [0.25, 0.3) is 10.8 Å². The van der Waals surface area contributed by atoms with Crippen molar-refractivity contribution in [3.63, 3.8) is 0 Å². The molecule has 2 aromatic carbocycles. The highest BCUT2D eigenvalue weighted by atomic mass is 16.5. The van der Waals surface area contributed by atoms with E-state index < -0.39 is 0 Å². The van der Waals surface area contributed by atoms with Gasteiger partial charge in [-0.15, -0.1) is 0 Å². The molecule has 0 amide bonds. The molecule has 2 rings (SSSR count). The van der Waals surface area contributed by atoms with E-state index in [9.17, 15) is 9.59 Å². The Morgan fingerprint density at radius 1 is 0.700 bits per heavy atom. The maximum absolute atomic E-state index is 11.9. The van der Waals surface area contributed by atoms with Gasteiger partial charge in [0, 0.05) is 12.8 Å². The minimum atomic E-state index is -0.279. The molecule has 0 saturated heterocycles. The smallest absolute Gasteiger partial charge is 0.306 e. The second-order valence-electron chi connectivity index (χ2n) is 7.89. The van der Waals surface area contributed by atoms with Gasteiger partial charge in [-0.2, -0.15) is 0 Å². The van der Waals surface area contributed by atoms with Crippen LogP contribution in [0, 0.1) is 0 Å². The summed E-state index contributed by atoms with van der Waals surface area (Å²) in [6, 6.07) is 14.1. The van der Waals surface area contributed by atoms with Crippen LogP contribution in [-0.4, -0.2) is 18.5 Å². The van der Waals surface area contributed by atoms with E-state index in [1.165, 1.54) is 38.5 Å². The molecule has 0 aromatic heterocycles. The van der Waals surface area contributed by atoms with Crippen molar-refractivity contribution in [3.8, 4) is 0 Å². The van der Waals surface area contributed by atoms with Gasteiger partial charge in [0.05, 0.1) is 6.61 Å². The number of hydrogen-bond acceptors (Lipinski definition) is 4. The molecule has 0 saturated carbocycles. The van der Waals surface area contributed by atoms with E-state index in [0.29, 0.717) is 13.0 Å². The summed E-state index contributed by atoms with van der Waals surface area (Å²) in [5.74, 6) is -0.501. The Labute approximate surface area is 181 Å². The highest BCUT2D eigenvalue weighted by molar-refractivity contribution is 5.83. The van der Waals surface area contributed by atoms with Crippen LogP contribution in [0.1, 0.15) is 83.1 Å². The first kappa shape index (κ1) is 23.9. The normalized spacial score (nSPS) is 10.8. The zero-order valence-electron chi connectivity index (χ0n) is 18.4. The van der Waals surface area contributed by atoms with Gasteiger partial charge < -0.3 is 9.47 Å². The first-order chi connectivity index (χ1) is 14.7. The SMILES string of the molecule is CCCCCCCCCCOC(=O)CCCC(=O)OCc1ccc2ccccc2c1. The molecule has 0 fully saturated rings. The topological polar surface area (TPSA) is 52.6 Å². The largest absolute Gasteiger partial charge is 0.466 e. The fourth-order valence-electron chi connectivity index (χ4n) is 3.44. The van der Waals surface area contributed by atoms with Crippen LogP contribution in [0.4, 0.5) is 0 Å². The summed E-state index contributed by atoms with van der Waals surface area (Å²) < 4.78 is 10.6. The lowest BCUT2D eigenvalue weighted by atomic mass is 10.1. The predicted molar refractivity (Wildman–Crippen MR) is 121 cm³/mol. The second-order valence-corrected chi connectivity index (χ2v) is 7.89. The number of fused-ring (bicyclic) bond motifs is 1. The molecule has 0 radical (unpaired) electrons. The molecular weight excluding hydrogens is 376 g/mol. The van der Waals surface area contributed by atoms with Crippen molar-refractivity contribution in [2.45, 2.75) is 84.2 Å². The van der Waals surface area contributed by atoms with Crippen molar-refractivity contribution >= 4 is 22.7 Å². The van der Waals surface area contributed by atoms with Crippen molar-refractivity contribution in [2.75, 3.05) is 6.61 Å². The Bertz CT molecular complexity index is 768. The van der Waals surface area contributed by atoms with Crippen LogP contribution in [0.5, 0.6) is 0 Å². The number of esters is 2. The van der Waals surface area contributed by atoms with E-state index in [2.05, 4.69) is 13.0 Å². The van der Waals surface area contributed by atoms with Crippen molar-refractivity contribution in [3.05, 3.63) is 48.0 Å². The third-order valence-corrected chi connectivity index (χ3v) is 5.24. The molecule has 0 aliphatic carbocycles. The van der Waals surface area contributed by atoms with E-state index in [1.54, 1.807) is 0 Å². The summed E-state index contributed by atoms with van der Waals surface area (Å²) >= 11 is 0. The molecule has 0 bridgehead atoms. The van der Waals surface area contributed by atoms with Gasteiger partial charge in [-0.05, 0) is 35.2 Å². The molecular formula is C26H36O4. The molecule has 0 spiro atoms. The van der Waals surface area contributed by atoms with E-state index in [4.69, 9.17) is 9.47 Å². The minimum Gasteiger partial charge on any atom is -0.466 e. The Balaban J connectivity index is 1.48. The van der Waals surface area contributed by atoms with Crippen LogP contribution < -0.4 is 0 Å². The predicted octanol–water partition coefficient (Wildman–Crippen LogP) is 6.74. The maximum Gasteiger partial charge on any atom is 0.306 e. The van der Waals surface area contributed by atoms with Crippen molar-refractivity contribution < 1.29 is 19.1 Å². The van der Waals surface area contributed by atoms with E-state index >= 15 is 0 Å². The molecule has 0 aliphatic heterocycles. The number of ether oxygens (including phenoxy) is 2. The average Bonchev–Trinajstić information content (AvgIpc) is 2.76. The minimum absolute atomic E-state index is 0.222. The number of carbonyl (C=O) groups excluding carboxylic acids is 2. The Hall–Kier alpha value is -2.36. The van der Waals surface area contributed by atoms with Gasteiger partial charge in [-0.25, -0.2) is 0 Å². The fraction of sp³-hybridized carbons (Fsp3) is 0.538. The lowest BCUT2D eigenvalue weighted by Crippen LogP contribution is -2.09. The summed E-state index contributed by atoms with van der Waals surface area (Å²) in [6.45, 7) is 2.97. The van der Waals surface area contributed by atoms with Gasteiger partial charge in [0.25, 0.3) is 0 Å². The number of unbranched alkanes of at least 4 members (excludes halogenated alkanes) is 7. The van der Waals surface area contributed by atoms with Gasteiger partial charge in [-0.3, -0.25) is 9.59 Å². The second kappa shape index (κ2) is 14.6. The molecule has 4 nitrogen and oxygen atoms in total. The molecule has 2 aromatic rings. The van der Waals surface area contributed by atoms with Crippen LogP contribution in [0.15, 0.2) is 42.5 Å². The lowest BCUT2D eigenvalue weighted by molar-refractivity contribution is -0.146. The standard InChI is InChI=1S/C26H36O4/c1-2-3-4-5-6-7-8-11-19-29-25(27)15-12-16-26(28)30-21-22-17-18-23-13-9-10-14-24(23)20-22/h9-10,13-14,17-18,20H,2-8,11-12,15-16,19,21H2,1H3. The van der Waals surface area contributed by atoms with Crippen LogP contribution in [0.2, 0.25) is 0 Å². The zero-order chi connectivity index (χ0) is 21.4. The highest BCUT2D eigenvalue weighted by Gasteiger charge is 2.08. The van der Waals surface area contributed by atoms with E-state index in [0.717, 1.165) is 29.2 Å². The number of benzene rings is 2. The van der Waals surface area contributed by atoms with Crippen molar-refractivity contribution in [1.29, 1.82) is 0 Å². The van der Waals surface area contributed by atoms with E-state index in [-0.39, 0.29) is 31.4 Å². The summed E-state index contributed by atoms with van der Waals surface area (Å²) in [5.41, 5.74) is 0.965. The van der Waals surface area contributed by atoms with Gasteiger partial charge >= 0.3 is 11.9 Å². The number of rotatable bonds is 15. The van der Waals surface area contributed by atoms with Gasteiger partial charge in [0.1, 0.15) is 6.61 Å². The molecule has 0 aliphatic rings. The first-order valence-electron chi connectivity index (χ1n) is 11.5. The summed E-state index contributed by atoms with van der Waals surface area (Å²) in [5, 5.41) is 2.29. The Morgan fingerprint density at radius 3 is 2.07 bits per heavy atom. The summed E-state index contributed by atoms with van der Waals surface area (Å²) in [7, 11) is 0. The van der Waals surface area contributed by atoms with Crippen LogP contribution in [-0.2, 0) is 25.7 Å². The quantitative estimate of drug-likeness (QED) is 0.240. The monoisotopic (exact) mass is 412 g/mol. The van der Waals surface area contributed by atoms with Crippen molar-refractivity contribution in [2.24, 2.45) is 0 Å². The molecule has 0 unspecified atom stereocenters. The number of carbonyl (C=O) groups is 2. The van der Waals surface area contributed by atoms with Crippen LogP contribution in [0.3, 0.4) is 0 Å². The average molecular weight is 413 g/mol. The third-order valence-electron chi connectivity index (χ3n) is 5.24.